The molecular weight excluding hydrogens is 322 g/mol. The van der Waals surface area contributed by atoms with E-state index in [1.807, 2.05) is 0 Å². The molecule has 0 spiro atoms. The standard InChI is InChI=1S/C9H9F3INO/c10-9(11,12)8(5-14)15-7-3-1-6(13)2-4-7/h1-4,8H,5,14H2. The Morgan fingerprint density at radius 2 is 1.80 bits per heavy atom. The van der Waals surface area contributed by atoms with Crippen molar-refractivity contribution in [2.75, 3.05) is 6.54 Å². The van der Waals surface area contributed by atoms with Gasteiger partial charge in [0.25, 0.3) is 0 Å². The van der Waals surface area contributed by atoms with E-state index in [0.29, 0.717) is 0 Å². The molecule has 1 aromatic carbocycles. The molecule has 0 radical (unpaired) electrons. The van der Waals surface area contributed by atoms with Crippen molar-refractivity contribution in [2.24, 2.45) is 5.73 Å². The fourth-order valence-electron chi connectivity index (χ4n) is 0.926. The van der Waals surface area contributed by atoms with Crippen molar-refractivity contribution < 1.29 is 17.9 Å². The van der Waals surface area contributed by atoms with Crippen LogP contribution in [0.4, 0.5) is 13.2 Å². The number of benzene rings is 1. The molecular formula is C9H9F3INO. The molecule has 0 bridgehead atoms. The highest BCUT2D eigenvalue weighted by Crippen LogP contribution is 2.24. The van der Waals surface area contributed by atoms with Crippen molar-refractivity contribution >= 4 is 22.6 Å². The first-order valence-corrected chi connectivity index (χ1v) is 5.20. The molecule has 0 saturated carbocycles. The number of hydrogen-bond donors (Lipinski definition) is 1. The van der Waals surface area contributed by atoms with Gasteiger partial charge >= 0.3 is 6.18 Å². The number of ether oxygens (including phenoxy) is 1. The second kappa shape index (κ2) is 5.02. The maximum absolute atomic E-state index is 12.3. The van der Waals surface area contributed by atoms with Crippen LogP contribution < -0.4 is 10.5 Å². The molecule has 0 saturated heterocycles. The third-order valence-corrected chi connectivity index (χ3v) is 2.39. The van der Waals surface area contributed by atoms with E-state index in [4.69, 9.17) is 10.5 Å². The molecule has 84 valence electrons. The number of rotatable bonds is 3. The quantitative estimate of drug-likeness (QED) is 0.864. The lowest BCUT2D eigenvalue weighted by molar-refractivity contribution is -0.191. The van der Waals surface area contributed by atoms with Crippen molar-refractivity contribution in [3.63, 3.8) is 0 Å². The minimum atomic E-state index is -4.43. The molecule has 1 atom stereocenters. The first-order chi connectivity index (χ1) is 6.93. The van der Waals surface area contributed by atoms with Crippen LogP contribution in [0, 0.1) is 3.57 Å². The minimum absolute atomic E-state index is 0.170. The van der Waals surface area contributed by atoms with Crippen LogP contribution >= 0.6 is 22.6 Å². The van der Waals surface area contributed by atoms with Crippen molar-refractivity contribution in [1.82, 2.24) is 0 Å². The Hall–Kier alpha value is -0.500. The summed E-state index contributed by atoms with van der Waals surface area (Å²) in [7, 11) is 0. The summed E-state index contributed by atoms with van der Waals surface area (Å²) < 4.78 is 42.5. The molecule has 2 N–H and O–H groups in total. The molecule has 0 aliphatic carbocycles. The smallest absolute Gasteiger partial charge is 0.426 e. The molecule has 1 aromatic rings. The van der Waals surface area contributed by atoms with Gasteiger partial charge in [0.2, 0.25) is 6.10 Å². The summed E-state index contributed by atoms with van der Waals surface area (Å²) in [5.41, 5.74) is 4.99. The van der Waals surface area contributed by atoms with Crippen LogP contribution in [0.1, 0.15) is 0 Å². The lowest BCUT2D eigenvalue weighted by Crippen LogP contribution is -2.40. The average Bonchev–Trinajstić information content (AvgIpc) is 2.15. The van der Waals surface area contributed by atoms with E-state index in [2.05, 4.69) is 22.6 Å². The van der Waals surface area contributed by atoms with Crippen LogP contribution in [-0.2, 0) is 0 Å². The highest BCUT2D eigenvalue weighted by atomic mass is 127. The van der Waals surface area contributed by atoms with Gasteiger partial charge in [-0.2, -0.15) is 13.2 Å². The van der Waals surface area contributed by atoms with E-state index in [0.717, 1.165) is 3.57 Å². The molecule has 1 rings (SSSR count). The molecule has 0 aliphatic heterocycles. The van der Waals surface area contributed by atoms with Crippen molar-refractivity contribution in [1.29, 1.82) is 0 Å². The molecule has 1 unspecified atom stereocenters. The lowest BCUT2D eigenvalue weighted by Gasteiger charge is -2.20. The van der Waals surface area contributed by atoms with Gasteiger partial charge in [-0.1, -0.05) is 0 Å². The van der Waals surface area contributed by atoms with Crippen molar-refractivity contribution in [2.45, 2.75) is 12.3 Å². The third kappa shape index (κ3) is 3.86. The van der Waals surface area contributed by atoms with Gasteiger partial charge in [-0.15, -0.1) is 0 Å². The molecule has 0 amide bonds. The molecule has 0 aromatic heterocycles. The maximum atomic E-state index is 12.3. The summed E-state index contributed by atoms with van der Waals surface area (Å²) in [5, 5.41) is 0. The number of halogens is 4. The Kier molecular flexibility index (Phi) is 4.21. The topological polar surface area (TPSA) is 35.2 Å². The third-order valence-electron chi connectivity index (χ3n) is 1.67. The Morgan fingerprint density at radius 1 is 1.27 bits per heavy atom. The van der Waals surface area contributed by atoms with Gasteiger partial charge in [0, 0.05) is 10.1 Å². The van der Waals surface area contributed by atoms with Gasteiger partial charge in [-0.25, -0.2) is 0 Å². The predicted octanol–water partition coefficient (Wildman–Crippen LogP) is 2.56. The monoisotopic (exact) mass is 331 g/mol. The highest BCUT2D eigenvalue weighted by Gasteiger charge is 2.40. The largest absolute Gasteiger partial charge is 0.480 e. The first kappa shape index (κ1) is 12.6. The Balaban J connectivity index is 2.71. The number of alkyl halides is 3. The number of hydrogen-bond acceptors (Lipinski definition) is 2. The van der Waals surface area contributed by atoms with Crippen LogP contribution in [0.2, 0.25) is 0 Å². The number of nitrogens with two attached hydrogens (primary N) is 1. The summed E-state index contributed by atoms with van der Waals surface area (Å²) in [6, 6.07) is 6.30. The zero-order valence-electron chi connectivity index (χ0n) is 7.59. The molecule has 0 heterocycles. The molecule has 0 fully saturated rings. The fraction of sp³-hybridized carbons (Fsp3) is 0.333. The van der Waals surface area contributed by atoms with E-state index >= 15 is 0 Å². The summed E-state index contributed by atoms with van der Waals surface area (Å²) in [6.07, 6.45) is -6.38. The van der Waals surface area contributed by atoms with E-state index in [1.54, 1.807) is 12.1 Å². The molecule has 15 heavy (non-hydrogen) atoms. The zero-order valence-corrected chi connectivity index (χ0v) is 9.75. The van der Waals surface area contributed by atoms with Crippen LogP contribution in [0.25, 0.3) is 0 Å². The molecule has 6 heteroatoms. The Labute approximate surface area is 98.7 Å². The van der Waals surface area contributed by atoms with Crippen LogP contribution in [0.5, 0.6) is 5.75 Å². The van der Waals surface area contributed by atoms with Gasteiger partial charge in [-0.3, -0.25) is 0 Å². The van der Waals surface area contributed by atoms with E-state index < -0.39 is 18.8 Å². The van der Waals surface area contributed by atoms with Gasteiger partial charge in [0.05, 0.1) is 0 Å². The van der Waals surface area contributed by atoms with E-state index in [9.17, 15) is 13.2 Å². The van der Waals surface area contributed by atoms with Crippen molar-refractivity contribution in [3.05, 3.63) is 27.8 Å². The minimum Gasteiger partial charge on any atom is -0.480 e. The predicted molar refractivity (Wildman–Crippen MR) is 58.7 cm³/mol. The Bertz CT molecular complexity index is 312. The van der Waals surface area contributed by atoms with Crippen LogP contribution in [-0.4, -0.2) is 18.8 Å². The summed E-state index contributed by atoms with van der Waals surface area (Å²) in [4.78, 5) is 0. The van der Waals surface area contributed by atoms with E-state index in [-0.39, 0.29) is 5.75 Å². The second-order valence-electron chi connectivity index (χ2n) is 2.84. The second-order valence-corrected chi connectivity index (χ2v) is 4.08. The lowest BCUT2D eigenvalue weighted by atomic mass is 10.3. The first-order valence-electron chi connectivity index (χ1n) is 4.12. The summed E-state index contributed by atoms with van der Waals surface area (Å²) in [6.45, 7) is -0.588. The van der Waals surface area contributed by atoms with Gasteiger partial charge in [0.15, 0.2) is 0 Å². The summed E-state index contributed by atoms with van der Waals surface area (Å²) in [5.74, 6) is 0.170. The zero-order chi connectivity index (χ0) is 11.5. The highest BCUT2D eigenvalue weighted by molar-refractivity contribution is 14.1. The van der Waals surface area contributed by atoms with Gasteiger partial charge in [-0.05, 0) is 46.9 Å². The maximum Gasteiger partial charge on any atom is 0.426 e. The summed E-state index contributed by atoms with van der Waals surface area (Å²) >= 11 is 2.05. The van der Waals surface area contributed by atoms with Gasteiger partial charge < -0.3 is 10.5 Å². The van der Waals surface area contributed by atoms with Crippen molar-refractivity contribution in [3.8, 4) is 5.75 Å². The molecule has 0 aliphatic rings. The van der Waals surface area contributed by atoms with Crippen LogP contribution in [0.3, 0.4) is 0 Å². The van der Waals surface area contributed by atoms with E-state index in [1.165, 1.54) is 12.1 Å². The normalized spacial score (nSPS) is 13.7. The average molecular weight is 331 g/mol. The SMILES string of the molecule is NCC(Oc1ccc(I)cc1)C(F)(F)F. The van der Waals surface area contributed by atoms with Crippen LogP contribution in [0.15, 0.2) is 24.3 Å². The Morgan fingerprint density at radius 3 is 2.20 bits per heavy atom. The fourth-order valence-corrected chi connectivity index (χ4v) is 1.29. The molecule has 2 nitrogen and oxygen atoms in total. The van der Waals surface area contributed by atoms with Gasteiger partial charge in [0.1, 0.15) is 5.75 Å².